The van der Waals surface area contributed by atoms with Gasteiger partial charge in [-0.2, -0.15) is 0 Å². The molecule has 0 unspecified atom stereocenters. The van der Waals surface area contributed by atoms with Gasteiger partial charge in [0.05, 0.1) is 11.3 Å². The number of nitrogens with two attached hydrogens (primary N) is 1. The molecule has 4 nitrogen and oxygen atoms in total. The summed E-state index contributed by atoms with van der Waals surface area (Å²) in [7, 11) is 0. The Labute approximate surface area is 87.5 Å². The van der Waals surface area contributed by atoms with E-state index in [0.717, 1.165) is 0 Å². The van der Waals surface area contributed by atoms with Crippen LogP contribution in [-0.4, -0.2) is 17.4 Å². The minimum absolute atomic E-state index is 0.278. The van der Waals surface area contributed by atoms with Gasteiger partial charge in [-0.15, -0.1) is 0 Å². The second-order valence-corrected chi connectivity index (χ2v) is 3.23. The van der Waals surface area contributed by atoms with Crippen molar-refractivity contribution < 1.29 is 4.79 Å². The first kappa shape index (κ1) is 10.8. The zero-order chi connectivity index (χ0) is 10.7. The number of aromatic nitrogens is 1. The highest BCUT2D eigenvalue weighted by atomic mass is 35.5. The third-order valence-corrected chi connectivity index (χ3v) is 2.00. The van der Waals surface area contributed by atoms with E-state index in [1.165, 1.54) is 0 Å². The Balaban J connectivity index is 3.28. The van der Waals surface area contributed by atoms with Crippen molar-refractivity contribution in [3.63, 3.8) is 0 Å². The molecule has 5 heteroatoms. The molecule has 0 aromatic carbocycles. The molecular weight excluding hydrogens is 202 g/mol. The van der Waals surface area contributed by atoms with Gasteiger partial charge in [0.2, 0.25) is 0 Å². The highest BCUT2D eigenvalue weighted by Gasteiger charge is 2.12. The largest absolute Gasteiger partial charge is 0.382 e. The van der Waals surface area contributed by atoms with E-state index < -0.39 is 5.91 Å². The Bertz CT molecular complexity index is 365. The van der Waals surface area contributed by atoms with Gasteiger partial charge in [-0.25, -0.2) is 4.98 Å². The highest BCUT2D eigenvalue weighted by Crippen LogP contribution is 2.24. The van der Waals surface area contributed by atoms with Crippen molar-refractivity contribution >= 4 is 23.2 Å². The lowest BCUT2D eigenvalue weighted by molar-refractivity contribution is 0.100. The van der Waals surface area contributed by atoms with Crippen molar-refractivity contribution in [2.45, 2.75) is 13.8 Å². The molecule has 0 fully saturated rings. The van der Waals surface area contributed by atoms with Crippen LogP contribution < -0.4 is 11.1 Å². The predicted molar refractivity (Wildman–Crippen MR) is 56.7 cm³/mol. The van der Waals surface area contributed by atoms with E-state index in [1.807, 2.05) is 6.92 Å². The standard InChI is InChI=1S/C9H12ClN3O/c1-3-12-7-6(9(11)14)4-5(2)13-8(7)10/h4,12H,3H2,1-2H3,(H2,11,14). The summed E-state index contributed by atoms with van der Waals surface area (Å²) in [5, 5.41) is 3.24. The summed E-state index contributed by atoms with van der Waals surface area (Å²) in [4.78, 5) is 15.1. The van der Waals surface area contributed by atoms with Crippen LogP contribution in [0.3, 0.4) is 0 Å². The van der Waals surface area contributed by atoms with Crippen molar-refractivity contribution in [3.05, 3.63) is 22.5 Å². The third kappa shape index (κ3) is 2.14. The average Bonchev–Trinajstić information content (AvgIpc) is 2.09. The maximum atomic E-state index is 11.1. The summed E-state index contributed by atoms with van der Waals surface area (Å²) in [5.74, 6) is -0.506. The predicted octanol–water partition coefficient (Wildman–Crippen LogP) is 1.57. The van der Waals surface area contributed by atoms with E-state index >= 15 is 0 Å². The molecule has 0 saturated carbocycles. The summed E-state index contributed by atoms with van der Waals surface area (Å²) in [5.41, 5.74) is 6.77. The molecule has 0 bridgehead atoms. The normalized spacial score (nSPS) is 9.93. The SMILES string of the molecule is CCNc1c(C(N)=O)cc(C)nc1Cl. The molecule has 0 aliphatic rings. The first-order valence-corrected chi connectivity index (χ1v) is 4.64. The fourth-order valence-electron chi connectivity index (χ4n) is 1.17. The molecule has 0 aliphatic heterocycles. The van der Waals surface area contributed by atoms with Crippen LogP contribution in [0, 0.1) is 6.92 Å². The van der Waals surface area contributed by atoms with E-state index in [4.69, 9.17) is 17.3 Å². The van der Waals surface area contributed by atoms with Gasteiger partial charge in [-0.05, 0) is 19.9 Å². The highest BCUT2D eigenvalue weighted by molar-refractivity contribution is 6.32. The minimum atomic E-state index is -0.506. The smallest absolute Gasteiger partial charge is 0.250 e. The Hall–Kier alpha value is -1.29. The molecule has 0 saturated heterocycles. The lowest BCUT2D eigenvalue weighted by Gasteiger charge is -2.10. The number of rotatable bonds is 3. The summed E-state index contributed by atoms with van der Waals surface area (Å²) in [6.45, 7) is 4.32. The van der Waals surface area contributed by atoms with Crippen LogP contribution in [0.2, 0.25) is 5.15 Å². The molecule has 0 aliphatic carbocycles. The van der Waals surface area contributed by atoms with Crippen LogP contribution in [0.25, 0.3) is 0 Å². The molecule has 1 rings (SSSR count). The van der Waals surface area contributed by atoms with Crippen molar-refractivity contribution in [1.82, 2.24) is 4.98 Å². The Morgan fingerprint density at radius 2 is 2.36 bits per heavy atom. The first-order valence-electron chi connectivity index (χ1n) is 4.27. The van der Waals surface area contributed by atoms with E-state index in [-0.39, 0.29) is 5.15 Å². The number of aryl methyl sites for hydroxylation is 1. The van der Waals surface area contributed by atoms with E-state index in [9.17, 15) is 4.79 Å². The third-order valence-electron chi connectivity index (χ3n) is 1.72. The quantitative estimate of drug-likeness (QED) is 0.749. The van der Waals surface area contributed by atoms with E-state index in [1.54, 1.807) is 13.0 Å². The maximum Gasteiger partial charge on any atom is 0.250 e. The molecule has 0 spiro atoms. The summed E-state index contributed by atoms with van der Waals surface area (Å²) >= 11 is 5.88. The number of anilines is 1. The second-order valence-electron chi connectivity index (χ2n) is 2.87. The Kier molecular flexibility index (Phi) is 3.30. The maximum absolute atomic E-state index is 11.1. The number of primary amides is 1. The van der Waals surface area contributed by atoms with Crippen LogP contribution in [0.1, 0.15) is 23.0 Å². The molecule has 1 aromatic rings. The lowest BCUT2D eigenvalue weighted by Crippen LogP contribution is -2.15. The van der Waals surface area contributed by atoms with Gasteiger partial charge in [0.15, 0.2) is 5.15 Å². The fourth-order valence-corrected chi connectivity index (χ4v) is 1.48. The molecule has 1 amide bonds. The van der Waals surface area contributed by atoms with Crippen molar-refractivity contribution in [2.75, 3.05) is 11.9 Å². The number of amides is 1. The fraction of sp³-hybridized carbons (Fsp3) is 0.333. The van der Waals surface area contributed by atoms with Gasteiger partial charge in [-0.1, -0.05) is 11.6 Å². The van der Waals surface area contributed by atoms with Gasteiger partial charge < -0.3 is 11.1 Å². The van der Waals surface area contributed by atoms with E-state index in [0.29, 0.717) is 23.5 Å². The molecule has 3 N–H and O–H groups in total. The van der Waals surface area contributed by atoms with Crippen LogP contribution in [0.15, 0.2) is 6.07 Å². The first-order chi connectivity index (χ1) is 6.56. The topological polar surface area (TPSA) is 68.0 Å². The summed E-state index contributed by atoms with van der Waals surface area (Å²) < 4.78 is 0. The molecule has 1 heterocycles. The summed E-state index contributed by atoms with van der Waals surface area (Å²) in [6, 6.07) is 1.62. The monoisotopic (exact) mass is 213 g/mol. The van der Waals surface area contributed by atoms with Crippen molar-refractivity contribution in [2.24, 2.45) is 5.73 Å². The number of halogens is 1. The number of hydrogen-bond acceptors (Lipinski definition) is 3. The average molecular weight is 214 g/mol. The Morgan fingerprint density at radius 3 is 2.86 bits per heavy atom. The van der Waals surface area contributed by atoms with Crippen LogP contribution in [0.4, 0.5) is 5.69 Å². The Morgan fingerprint density at radius 1 is 1.71 bits per heavy atom. The molecular formula is C9H12ClN3O. The zero-order valence-electron chi connectivity index (χ0n) is 8.10. The molecule has 1 aromatic heterocycles. The number of carbonyl (C=O) groups excluding carboxylic acids is 1. The second kappa shape index (κ2) is 4.28. The van der Waals surface area contributed by atoms with Gasteiger partial charge in [0, 0.05) is 12.2 Å². The number of carbonyl (C=O) groups is 1. The minimum Gasteiger partial charge on any atom is -0.382 e. The molecule has 76 valence electrons. The zero-order valence-corrected chi connectivity index (χ0v) is 8.85. The number of hydrogen-bond donors (Lipinski definition) is 2. The van der Waals surface area contributed by atoms with Crippen molar-refractivity contribution in [1.29, 1.82) is 0 Å². The van der Waals surface area contributed by atoms with Crippen LogP contribution in [0.5, 0.6) is 0 Å². The lowest BCUT2D eigenvalue weighted by atomic mass is 10.2. The van der Waals surface area contributed by atoms with Crippen molar-refractivity contribution in [3.8, 4) is 0 Å². The van der Waals surface area contributed by atoms with Gasteiger partial charge in [0.25, 0.3) is 5.91 Å². The number of nitrogens with zero attached hydrogens (tertiary/aromatic N) is 1. The molecule has 14 heavy (non-hydrogen) atoms. The van der Waals surface area contributed by atoms with Gasteiger partial charge in [-0.3, -0.25) is 4.79 Å². The number of pyridine rings is 1. The van der Waals surface area contributed by atoms with Gasteiger partial charge in [0.1, 0.15) is 0 Å². The van der Waals surface area contributed by atoms with Crippen LogP contribution >= 0.6 is 11.6 Å². The van der Waals surface area contributed by atoms with Crippen LogP contribution in [-0.2, 0) is 0 Å². The molecule has 0 radical (unpaired) electrons. The number of nitrogens with one attached hydrogen (secondary N) is 1. The summed E-state index contributed by atoms with van der Waals surface area (Å²) in [6.07, 6.45) is 0. The van der Waals surface area contributed by atoms with Gasteiger partial charge >= 0.3 is 0 Å². The molecule has 0 atom stereocenters. The van der Waals surface area contributed by atoms with E-state index in [2.05, 4.69) is 10.3 Å².